The molecule has 2 fully saturated rings. The zero-order chi connectivity index (χ0) is 14.8. The van der Waals surface area contributed by atoms with Crippen LogP contribution in [0.1, 0.15) is 65.7 Å². The number of hydrogen-bond donors (Lipinski definition) is 1. The summed E-state index contributed by atoms with van der Waals surface area (Å²) in [4.78, 5) is 27.3. The van der Waals surface area contributed by atoms with Crippen molar-refractivity contribution in [2.45, 2.75) is 77.3 Å². The SMILES string of the molecule is CCCCCN1C(=O)C(C(C)C)NC(=O)C12CCCC2. The maximum atomic E-state index is 12.8. The Kier molecular flexibility index (Phi) is 4.71. The number of hydrogen-bond acceptors (Lipinski definition) is 2. The lowest BCUT2D eigenvalue weighted by atomic mass is 9.86. The average Bonchev–Trinajstić information content (AvgIpc) is 2.88. The number of carbonyl (C=O) groups excluding carboxylic acids is 2. The minimum atomic E-state index is -0.532. The van der Waals surface area contributed by atoms with Gasteiger partial charge in [-0.1, -0.05) is 46.5 Å². The third kappa shape index (κ3) is 2.57. The molecular formula is C16H28N2O2. The molecule has 4 nitrogen and oxygen atoms in total. The van der Waals surface area contributed by atoms with Crippen molar-refractivity contribution >= 4 is 11.8 Å². The lowest BCUT2D eigenvalue weighted by Gasteiger charge is -2.47. The molecule has 0 aromatic heterocycles. The highest BCUT2D eigenvalue weighted by atomic mass is 16.2. The van der Waals surface area contributed by atoms with Crippen molar-refractivity contribution < 1.29 is 9.59 Å². The number of nitrogens with one attached hydrogen (secondary N) is 1. The van der Waals surface area contributed by atoms with Gasteiger partial charge in [0.1, 0.15) is 11.6 Å². The van der Waals surface area contributed by atoms with Crippen LogP contribution < -0.4 is 5.32 Å². The van der Waals surface area contributed by atoms with Crippen LogP contribution in [0.3, 0.4) is 0 Å². The van der Waals surface area contributed by atoms with Crippen molar-refractivity contribution in [3.05, 3.63) is 0 Å². The van der Waals surface area contributed by atoms with Crippen LogP contribution in [0.5, 0.6) is 0 Å². The van der Waals surface area contributed by atoms with E-state index in [0.29, 0.717) is 0 Å². The van der Waals surface area contributed by atoms with E-state index >= 15 is 0 Å². The average molecular weight is 280 g/mol. The van der Waals surface area contributed by atoms with Gasteiger partial charge in [0.05, 0.1) is 0 Å². The minimum Gasteiger partial charge on any atom is -0.342 e. The third-order valence-electron chi connectivity index (χ3n) is 4.84. The highest BCUT2D eigenvalue weighted by Gasteiger charge is 2.53. The van der Waals surface area contributed by atoms with Gasteiger partial charge in [0.15, 0.2) is 0 Å². The van der Waals surface area contributed by atoms with Crippen LogP contribution in [0.25, 0.3) is 0 Å². The second-order valence-corrected chi connectivity index (χ2v) is 6.63. The Morgan fingerprint density at radius 2 is 1.90 bits per heavy atom. The van der Waals surface area contributed by atoms with Gasteiger partial charge in [0, 0.05) is 6.54 Å². The predicted octanol–water partition coefficient (Wildman–Crippen LogP) is 2.47. The molecule has 0 bridgehead atoms. The third-order valence-corrected chi connectivity index (χ3v) is 4.84. The number of amides is 2. The fourth-order valence-corrected chi connectivity index (χ4v) is 3.59. The molecule has 2 rings (SSSR count). The summed E-state index contributed by atoms with van der Waals surface area (Å²) in [6.45, 7) is 6.90. The Bertz CT molecular complexity index is 373. The van der Waals surface area contributed by atoms with Crippen molar-refractivity contribution in [2.24, 2.45) is 5.92 Å². The first kappa shape index (κ1) is 15.3. The predicted molar refractivity (Wildman–Crippen MR) is 79.2 cm³/mol. The van der Waals surface area contributed by atoms with E-state index in [2.05, 4.69) is 12.2 Å². The smallest absolute Gasteiger partial charge is 0.246 e. The molecule has 0 radical (unpaired) electrons. The highest BCUT2D eigenvalue weighted by Crippen LogP contribution is 2.39. The molecule has 1 aliphatic carbocycles. The monoisotopic (exact) mass is 280 g/mol. The van der Waals surface area contributed by atoms with E-state index in [1.807, 2.05) is 18.7 Å². The molecule has 2 amide bonds. The molecule has 0 aromatic carbocycles. The zero-order valence-corrected chi connectivity index (χ0v) is 13.1. The number of rotatable bonds is 5. The summed E-state index contributed by atoms with van der Waals surface area (Å²) < 4.78 is 0. The lowest BCUT2D eigenvalue weighted by Crippen LogP contribution is -2.70. The molecule has 20 heavy (non-hydrogen) atoms. The summed E-state index contributed by atoms with van der Waals surface area (Å²) in [5, 5.41) is 2.99. The van der Waals surface area contributed by atoms with Crippen LogP contribution in [0.15, 0.2) is 0 Å². The molecule has 0 aromatic rings. The van der Waals surface area contributed by atoms with E-state index in [0.717, 1.165) is 51.5 Å². The summed E-state index contributed by atoms with van der Waals surface area (Å²) in [7, 11) is 0. The van der Waals surface area contributed by atoms with Gasteiger partial charge in [-0.15, -0.1) is 0 Å². The number of unbranched alkanes of at least 4 members (excludes halogenated alkanes) is 2. The van der Waals surface area contributed by atoms with Crippen molar-refractivity contribution in [1.29, 1.82) is 0 Å². The second kappa shape index (κ2) is 6.15. The molecule has 2 aliphatic rings. The molecule has 1 unspecified atom stereocenters. The van der Waals surface area contributed by atoms with Gasteiger partial charge in [-0.2, -0.15) is 0 Å². The lowest BCUT2D eigenvalue weighted by molar-refractivity contribution is -0.158. The van der Waals surface area contributed by atoms with E-state index in [4.69, 9.17) is 0 Å². The maximum absolute atomic E-state index is 12.8. The van der Waals surface area contributed by atoms with E-state index in [1.165, 1.54) is 0 Å². The molecule has 1 saturated heterocycles. The van der Waals surface area contributed by atoms with E-state index in [1.54, 1.807) is 0 Å². The molecule has 1 atom stereocenters. The van der Waals surface area contributed by atoms with Crippen LogP contribution >= 0.6 is 0 Å². The normalized spacial score (nSPS) is 25.6. The quantitative estimate of drug-likeness (QED) is 0.787. The first-order chi connectivity index (χ1) is 9.53. The molecule has 1 N–H and O–H groups in total. The summed E-state index contributed by atoms with van der Waals surface area (Å²) in [5.41, 5.74) is -0.532. The Labute approximate surface area is 122 Å². The second-order valence-electron chi connectivity index (χ2n) is 6.63. The largest absolute Gasteiger partial charge is 0.342 e. The molecular weight excluding hydrogens is 252 g/mol. The Morgan fingerprint density at radius 1 is 1.25 bits per heavy atom. The van der Waals surface area contributed by atoms with Gasteiger partial charge >= 0.3 is 0 Å². The minimum absolute atomic E-state index is 0.0878. The van der Waals surface area contributed by atoms with Gasteiger partial charge in [0.2, 0.25) is 11.8 Å². The van der Waals surface area contributed by atoms with Crippen LogP contribution in [0, 0.1) is 5.92 Å². The van der Waals surface area contributed by atoms with Crippen molar-refractivity contribution in [3.8, 4) is 0 Å². The summed E-state index contributed by atoms with van der Waals surface area (Å²) in [5.74, 6) is 0.376. The molecule has 1 spiro atoms. The summed E-state index contributed by atoms with van der Waals surface area (Å²) in [6, 6.07) is -0.338. The van der Waals surface area contributed by atoms with Crippen molar-refractivity contribution in [1.82, 2.24) is 10.2 Å². The fourth-order valence-electron chi connectivity index (χ4n) is 3.59. The van der Waals surface area contributed by atoms with E-state index < -0.39 is 5.54 Å². The van der Waals surface area contributed by atoms with Crippen LogP contribution in [0.4, 0.5) is 0 Å². The summed E-state index contributed by atoms with van der Waals surface area (Å²) in [6.07, 6.45) is 7.03. The van der Waals surface area contributed by atoms with Crippen LogP contribution in [0.2, 0.25) is 0 Å². The van der Waals surface area contributed by atoms with Crippen LogP contribution in [-0.4, -0.2) is 34.8 Å². The highest BCUT2D eigenvalue weighted by molar-refractivity contribution is 6.00. The molecule has 114 valence electrons. The van der Waals surface area contributed by atoms with Crippen molar-refractivity contribution in [2.75, 3.05) is 6.54 Å². The zero-order valence-electron chi connectivity index (χ0n) is 13.1. The Morgan fingerprint density at radius 3 is 2.45 bits per heavy atom. The Balaban J connectivity index is 2.21. The van der Waals surface area contributed by atoms with Gasteiger partial charge in [0.25, 0.3) is 0 Å². The topological polar surface area (TPSA) is 49.4 Å². The first-order valence-corrected chi connectivity index (χ1v) is 8.15. The van der Waals surface area contributed by atoms with Gasteiger partial charge in [-0.25, -0.2) is 0 Å². The van der Waals surface area contributed by atoms with E-state index in [9.17, 15) is 9.59 Å². The number of carbonyl (C=O) groups is 2. The number of piperazine rings is 1. The van der Waals surface area contributed by atoms with Gasteiger partial charge in [-0.05, 0) is 25.2 Å². The maximum Gasteiger partial charge on any atom is 0.246 e. The molecule has 4 heteroatoms. The Hall–Kier alpha value is -1.06. The number of nitrogens with zero attached hydrogens (tertiary/aromatic N) is 1. The standard InChI is InChI=1S/C16H28N2O2/c1-4-5-8-11-18-14(19)13(12(2)3)17-15(20)16(18)9-6-7-10-16/h12-13H,4-11H2,1-3H3,(H,17,20). The molecule has 1 heterocycles. The van der Waals surface area contributed by atoms with Gasteiger partial charge < -0.3 is 10.2 Å². The van der Waals surface area contributed by atoms with Crippen LogP contribution in [-0.2, 0) is 9.59 Å². The molecule has 1 saturated carbocycles. The van der Waals surface area contributed by atoms with E-state index in [-0.39, 0.29) is 23.8 Å². The fraction of sp³-hybridized carbons (Fsp3) is 0.875. The summed E-state index contributed by atoms with van der Waals surface area (Å²) >= 11 is 0. The van der Waals surface area contributed by atoms with Gasteiger partial charge in [-0.3, -0.25) is 9.59 Å². The van der Waals surface area contributed by atoms with Crippen molar-refractivity contribution in [3.63, 3.8) is 0 Å². The molecule has 1 aliphatic heterocycles. The first-order valence-electron chi connectivity index (χ1n) is 8.15.